The number of nitriles is 1. The molecule has 7 heteroatoms. The van der Waals surface area contributed by atoms with E-state index in [1.807, 2.05) is 18.2 Å². The maximum Gasteiger partial charge on any atom is 0.266 e. The van der Waals surface area contributed by atoms with Gasteiger partial charge in [-0.3, -0.25) is 9.69 Å². The fourth-order valence-corrected chi connectivity index (χ4v) is 4.60. The van der Waals surface area contributed by atoms with Gasteiger partial charge in [-0.2, -0.15) is 5.26 Å². The van der Waals surface area contributed by atoms with Crippen LogP contribution in [-0.2, 0) is 4.79 Å². The molecule has 0 spiro atoms. The number of anilines is 1. The molecule has 34 heavy (non-hydrogen) atoms. The summed E-state index contributed by atoms with van der Waals surface area (Å²) < 4.78 is 0. The highest BCUT2D eigenvalue weighted by atomic mass is 35.5. The van der Waals surface area contributed by atoms with E-state index in [9.17, 15) is 10.1 Å². The number of nitrogens with zero attached hydrogens (tertiary/aromatic N) is 3. The molecule has 1 N–H and O–H groups in total. The maximum absolute atomic E-state index is 13.0. The second-order valence-electron chi connectivity index (χ2n) is 7.99. The van der Waals surface area contributed by atoms with Gasteiger partial charge in [-0.15, -0.1) is 0 Å². The predicted octanol–water partition coefficient (Wildman–Crippen LogP) is 5.75. The molecule has 0 bridgehead atoms. The molecule has 172 valence electrons. The summed E-state index contributed by atoms with van der Waals surface area (Å²) in [5.74, 6) is -0.296. The van der Waals surface area contributed by atoms with Crippen LogP contribution in [0.15, 0.2) is 90.6 Å². The molecule has 3 aromatic carbocycles. The van der Waals surface area contributed by atoms with Gasteiger partial charge in [-0.25, -0.2) is 0 Å². The highest BCUT2D eigenvalue weighted by molar-refractivity contribution is 6.36. The minimum absolute atomic E-state index is 0.0298. The average molecular weight is 491 g/mol. The Balaban J connectivity index is 1.45. The van der Waals surface area contributed by atoms with Gasteiger partial charge in [0.15, 0.2) is 0 Å². The van der Waals surface area contributed by atoms with Gasteiger partial charge in [0.25, 0.3) is 5.91 Å². The third-order valence-electron chi connectivity index (χ3n) is 5.85. The molecule has 0 radical (unpaired) electrons. The number of nitrogens with one attached hydrogen (secondary N) is 1. The Kier molecular flexibility index (Phi) is 7.87. The first-order valence-corrected chi connectivity index (χ1v) is 11.8. The smallest absolute Gasteiger partial charge is 0.266 e. The number of hydrogen-bond acceptors (Lipinski definition) is 4. The topological polar surface area (TPSA) is 59.4 Å². The predicted molar refractivity (Wildman–Crippen MR) is 137 cm³/mol. The third-order valence-corrected chi connectivity index (χ3v) is 6.40. The first-order chi connectivity index (χ1) is 16.6. The van der Waals surface area contributed by atoms with Crippen LogP contribution in [0.1, 0.15) is 17.2 Å². The first kappa shape index (κ1) is 23.8. The summed E-state index contributed by atoms with van der Waals surface area (Å²) in [5, 5.41) is 13.5. The molecule has 4 rings (SSSR count). The fourth-order valence-electron chi connectivity index (χ4n) is 4.14. The van der Waals surface area contributed by atoms with E-state index >= 15 is 0 Å². The van der Waals surface area contributed by atoms with Crippen molar-refractivity contribution in [2.24, 2.45) is 0 Å². The van der Waals surface area contributed by atoms with Gasteiger partial charge < -0.3 is 10.2 Å². The van der Waals surface area contributed by atoms with Crippen molar-refractivity contribution < 1.29 is 4.79 Å². The second-order valence-corrected chi connectivity index (χ2v) is 8.83. The summed E-state index contributed by atoms with van der Waals surface area (Å²) in [6.45, 7) is 2.48. The van der Waals surface area contributed by atoms with Crippen molar-refractivity contribution in [3.05, 3.63) is 112 Å². The van der Waals surface area contributed by atoms with Crippen LogP contribution in [-0.4, -0.2) is 41.9 Å². The van der Waals surface area contributed by atoms with E-state index in [0.29, 0.717) is 41.9 Å². The Labute approximate surface area is 209 Å². The van der Waals surface area contributed by atoms with E-state index in [0.717, 1.165) is 0 Å². The van der Waals surface area contributed by atoms with Gasteiger partial charge in [0.05, 0.1) is 16.8 Å². The van der Waals surface area contributed by atoms with Crippen molar-refractivity contribution in [3.63, 3.8) is 0 Å². The number of hydrogen-bond donors (Lipinski definition) is 1. The van der Waals surface area contributed by atoms with Crippen LogP contribution in [0.5, 0.6) is 0 Å². The summed E-state index contributed by atoms with van der Waals surface area (Å²) in [6.07, 6.45) is 1.40. The molecule has 0 saturated carbocycles. The zero-order chi connectivity index (χ0) is 23.9. The average Bonchev–Trinajstić information content (AvgIpc) is 2.87. The van der Waals surface area contributed by atoms with E-state index in [2.05, 4.69) is 58.7 Å². The molecule has 1 fully saturated rings. The standard InChI is InChI=1S/C27H24Cl2N4O/c28-23-11-12-25(24(29)17-23)31-19-22(18-30)27(34)33-15-13-32(14-16-33)26(20-7-3-1-4-8-20)21-9-5-2-6-10-21/h1-12,17,19,26,31H,13-16H2/b22-19-. The maximum atomic E-state index is 13.0. The molecule has 1 aliphatic heterocycles. The molecule has 3 aromatic rings. The summed E-state index contributed by atoms with van der Waals surface area (Å²) in [5.41, 5.74) is 3.04. The summed E-state index contributed by atoms with van der Waals surface area (Å²) in [7, 11) is 0. The molecule has 1 aliphatic rings. The largest absolute Gasteiger partial charge is 0.359 e. The lowest BCUT2D eigenvalue weighted by atomic mass is 9.96. The van der Waals surface area contributed by atoms with E-state index in [1.54, 1.807) is 23.1 Å². The quantitative estimate of drug-likeness (QED) is 0.353. The molecule has 0 unspecified atom stereocenters. The monoisotopic (exact) mass is 490 g/mol. The Morgan fingerprint density at radius 3 is 2.03 bits per heavy atom. The van der Waals surface area contributed by atoms with Crippen LogP contribution in [0, 0.1) is 11.3 Å². The lowest BCUT2D eigenvalue weighted by Crippen LogP contribution is -2.50. The van der Waals surface area contributed by atoms with Crippen LogP contribution in [0.25, 0.3) is 0 Å². The van der Waals surface area contributed by atoms with Gasteiger partial charge in [0.1, 0.15) is 11.6 Å². The van der Waals surface area contributed by atoms with Crippen molar-refractivity contribution in [2.45, 2.75) is 6.04 Å². The number of carbonyl (C=O) groups excluding carboxylic acids is 1. The lowest BCUT2D eigenvalue weighted by molar-refractivity contribution is -0.128. The van der Waals surface area contributed by atoms with Crippen molar-refractivity contribution >= 4 is 34.8 Å². The van der Waals surface area contributed by atoms with Crippen molar-refractivity contribution in [1.29, 1.82) is 5.26 Å². The third kappa shape index (κ3) is 5.60. The Morgan fingerprint density at radius 1 is 0.912 bits per heavy atom. The van der Waals surface area contributed by atoms with Gasteiger partial charge in [-0.05, 0) is 29.3 Å². The molecule has 5 nitrogen and oxygen atoms in total. The Bertz CT molecular complexity index is 1160. The summed E-state index contributed by atoms with van der Waals surface area (Å²) in [6, 6.07) is 27.9. The van der Waals surface area contributed by atoms with Crippen LogP contribution in [0.2, 0.25) is 10.0 Å². The van der Waals surface area contributed by atoms with Crippen molar-refractivity contribution in [1.82, 2.24) is 9.80 Å². The minimum Gasteiger partial charge on any atom is -0.359 e. The molecular weight excluding hydrogens is 467 g/mol. The Morgan fingerprint density at radius 2 is 1.50 bits per heavy atom. The zero-order valence-electron chi connectivity index (χ0n) is 18.5. The number of carbonyl (C=O) groups is 1. The minimum atomic E-state index is -0.296. The second kappa shape index (κ2) is 11.2. The molecule has 1 amide bonds. The Hall–Kier alpha value is -3.30. The van der Waals surface area contributed by atoms with E-state index in [-0.39, 0.29) is 17.5 Å². The molecule has 1 heterocycles. The van der Waals surface area contributed by atoms with Crippen LogP contribution < -0.4 is 5.32 Å². The summed E-state index contributed by atoms with van der Waals surface area (Å²) in [4.78, 5) is 17.1. The molecule has 0 aliphatic carbocycles. The number of amides is 1. The highest BCUT2D eigenvalue weighted by Crippen LogP contribution is 2.30. The van der Waals surface area contributed by atoms with Crippen molar-refractivity contribution in [3.8, 4) is 6.07 Å². The van der Waals surface area contributed by atoms with Gasteiger partial charge in [0.2, 0.25) is 0 Å². The van der Waals surface area contributed by atoms with Crippen molar-refractivity contribution in [2.75, 3.05) is 31.5 Å². The van der Waals surface area contributed by atoms with E-state index < -0.39 is 0 Å². The number of halogens is 2. The van der Waals surface area contributed by atoms with E-state index in [1.165, 1.54) is 17.3 Å². The first-order valence-electron chi connectivity index (χ1n) is 11.0. The zero-order valence-corrected chi connectivity index (χ0v) is 20.0. The van der Waals surface area contributed by atoms with Crippen LogP contribution in [0.3, 0.4) is 0 Å². The fraction of sp³-hybridized carbons (Fsp3) is 0.185. The molecule has 0 aromatic heterocycles. The number of benzene rings is 3. The van der Waals surface area contributed by atoms with E-state index in [4.69, 9.17) is 23.2 Å². The number of rotatable bonds is 6. The van der Waals surface area contributed by atoms with Gasteiger partial charge in [-0.1, -0.05) is 83.9 Å². The highest BCUT2D eigenvalue weighted by Gasteiger charge is 2.29. The number of piperazine rings is 1. The summed E-state index contributed by atoms with van der Waals surface area (Å²) >= 11 is 12.1. The van der Waals surface area contributed by atoms with Crippen LogP contribution in [0.4, 0.5) is 5.69 Å². The lowest BCUT2D eigenvalue weighted by Gasteiger charge is -2.39. The molecular formula is C27H24Cl2N4O. The SMILES string of the molecule is N#C/C(=C/Nc1ccc(Cl)cc1Cl)C(=O)N1CCN(C(c2ccccc2)c2ccccc2)CC1. The normalized spacial score (nSPS) is 14.6. The molecule has 0 atom stereocenters. The molecule has 1 saturated heterocycles. The van der Waals surface area contributed by atoms with Gasteiger partial charge in [0, 0.05) is 37.4 Å². The van der Waals surface area contributed by atoms with Crippen LogP contribution >= 0.6 is 23.2 Å². The van der Waals surface area contributed by atoms with Gasteiger partial charge >= 0.3 is 0 Å².